The summed E-state index contributed by atoms with van der Waals surface area (Å²) in [7, 11) is -9.91. The van der Waals surface area contributed by atoms with E-state index in [1.807, 2.05) is 0 Å². The third kappa shape index (κ3) is 69.0. The number of phosphoric acid groups is 2. The van der Waals surface area contributed by atoms with Gasteiger partial charge in [-0.2, -0.15) is 0 Å². The Morgan fingerprint density at radius 2 is 0.505 bits per heavy atom. The fourth-order valence-electron chi connectivity index (χ4n) is 11.5. The Morgan fingerprint density at radius 3 is 0.747 bits per heavy atom. The lowest BCUT2D eigenvalue weighted by Gasteiger charge is -2.21. The number of hydrogen-bond donors (Lipinski definition) is 3. The molecule has 0 radical (unpaired) electrons. The van der Waals surface area contributed by atoms with Gasteiger partial charge in [-0.15, -0.1) is 0 Å². The van der Waals surface area contributed by atoms with Gasteiger partial charge in [-0.1, -0.05) is 331 Å². The van der Waals surface area contributed by atoms with Crippen LogP contribution in [0.15, 0.2) is 0 Å². The Balaban J connectivity index is 5.26. The van der Waals surface area contributed by atoms with Crippen LogP contribution >= 0.6 is 15.6 Å². The molecule has 95 heavy (non-hydrogen) atoms. The third-order valence-corrected chi connectivity index (χ3v) is 19.8. The second-order valence-corrected chi connectivity index (χ2v) is 32.0. The van der Waals surface area contributed by atoms with Crippen molar-refractivity contribution in [3.05, 3.63) is 0 Å². The summed E-state index contributed by atoms with van der Waals surface area (Å²) >= 11 is 0. The van der Waals surface area contributed by atoms with E-state index in [4.69, 9.17) is 37.0 Å². The van der Waals surface area contributed by atoms with Crippen molar-refractivity contribution < 1.29 is 80.2 Å². The molecule has 0 aliphatic rings. The summed E-state index contributed by atoms with van der Waals surface area (Å²) in [6.45, 7) is 14.2. The second kappa shape index (κ2) is 65.4. The van der Waals surface area contributed by atoms with Gasteiger partial charge >= 0.3 is 39.5 Å². The summed E-state index contributed by atoms with van der Waals surface area (Å²) in [5, 5.41) is 10.6. The van der Waals surface area contributed by atoms with Crippen molar-refractivity contribution in [1.82, 2.24) is 0 Å². The summed E-state index contributed by atoms with van der Waals surface area (Å²) < 4.78 is 68.5. The fourth-order valence-corrected chi connectivity index (χ4v) is 13.1. The molecule has 0 fully saturated rings. The van der Waals surface area contributed by atoms with Crippen LogP contribution in [0.2, 0.25) is 0 Å². The molecule has 0 aromatic rings. The molecule has 6 atom stereocenters. The average Bonchev–Trinajstić information content (AvgIpc) is 2.74. The van der Waals surface area contributed by atoms with E-state index in [-0.39, 0.29) is 25.7 Å². The zero-order chi connectivity index (χ0) is 70.3. The van der Waals surface area contributed by atoms with Gasteiger partial charge in [-0.3, -0.25) is 37.3 Å². The van der Waals surface area contributed by atoms with Gasteiger partial charge in [0, 0.05) is 25.7 Å². The van der Waals surface area contributed by atoms with Crippen molar-refractivity contribution in [2.75, 3.05) is 39.6 Å². The molecular formula is C76H148O17P2. The Kier molecular flexibility index (Phi) is 64.0. The van der Waals surface area contributed by atoms with Gasteiger partial charge in [-0.05, 0) is 49.4 Å². The van der Waals surface area contributed by atoms with Crippen LogP contribution in [0.5, 0.6) is 0 Å². The third-order valence-electron chi connectivity index (χ3n) is 17.9. The zero-order valence-electron chi connectivity index (χ0n) is 62.3. The highest BCUT2D eigenvalue weighted by Crippen LogP contribution is 2.45. The highest BCUT2D eigenvalue weighted by atomic mass is 31.2. The van der Waals surface area contributed by atoms with Crippen LogP contribution in [0.3, 0.4) is 0 Å². The quantitative estimate of drug-likeness (QED) is 0.0222. The van der Waals surface area contributed by atoms with Crippen molar-refractivity contribution >= 4 is 39.5 Å². The molecular weight excluding hydrogens is 1250 g/mol. The van der Waals surface area contributed by atoms with E-state index in [0.29, 0.717) is 25.7 Å². The van der Waals surface area contributed by atoms with Crippen LogP contribution in [0.4, 0.5) is 0 Å². The summed E-state index contributed by atoms with van der Waals surface area (Å²) in [5.74, 6) is 0.943. The SMILES string of the molecule is CCC(C)CCCCCCCCC(=O)OC[C@H](COP(=O)(O)OC[C@H](O)COP(=O)(O)OC[C@@H](COC(=O)CCCCCCCCCCCCCCCC(C)C)OC(=O)CCCCCCCCCCCCCC(C)C)OC(=O)CCCCCCCCCCCCCCC(C)C. The number of hydrogen-bond acceptors (Lipinski definition) is 15. The Hall–Kier alpha value is -1.94. The summed E-state index contributed by atoms with van der Waals surface area (Å²) in [5.41, 5.74) is 0. The lowest BCUT2D eigenvalue weighted by molar-refractivity contribution is -0.161. The number of carbonyl (C=O) groups is 4. The van der Waals surface area contributed by atoms with E-state index in [9.17, 15) is 43.2 Å². The molecule has 17 nitrogen and oxygen atoms in total. The topological polar surface area (TPSA) is 237 Å². The molecule has 0 bridgehead atoms. The number of ether oxygens (including phenoxy) is 4. The molecule has 0 heterocycles. The summed E-state index contributed by atoms with van der Waals surface area (Å²) in [6, 6.07) is 0. The molecule has 0 aliphatic carbocycles. The number of phosphoric ester groups is 2. The average molecular weight is 1400 g/mol. The lowest BCUT2D eigenvalue weighted by Crippen LogP contribution is -2.30. The van der Waals surface area contributed by atoms with Crippen LogP contribution in [-0.4, -0.2) is 96.7 Å². The smallest absolute Gasteiger partial charge is 0.462 e. The predicted molar refractivity (Wildman–Crippen MR) is 386 cm³/mol. The molecule has 564 valence electrons. The standard InChI is InChI=1S/C76H148O17P2/c1-9-69(8)55-47-39-34-35-41-49-57-74(79)87-63-72(93-75(80)58-50-42-32-26-20-14-13-17-23-29-37-45-53-67(4)5)65-91-95(84,85)89-61-70(77)60-88-94(82,83)90-64-71(92-76(81)59-51-43-33-27-21-15-18-24-30-38-46-54-68(6)7)62-86-73(78)56-48-40-31-25-19-12-10-11-16-22-28-36-44-52-66(2)3/h66-72,77H,9-65H2,1-8H3,(H,82,83)(H,84,85)/t69?,70-,71-,72-/m1/s1. The van der Waals surface area contributed by atoms with Crippen molar-refractivity contribution in [2.45, 2.75) is 401 Å². The molecule has 0 spiro atoms. The minimum atomic E-state index is -4.96. The molecule has 0 amide bonds. The normalized spacial score (nSPS) is 14.4. The van der Waals surface area contributed by atoms with Gasteiger partial charge in [0.1, 0.15) is 19.3 Å². The van der Waals surface area contributed by atoms with E-state index in [1.165, 1.54) is 180 Å². The number of aliphatic hydroxyl groups excluding tert-OH is 1. The van der Waals surface area contributed by atoms with Gasteiger partial charge in [0.2, 0.25) is 0 Å². The molecule has 0 aromatic heterocycles. The van der Waals surface area contributed by atoms with E-state index in [1.54, 1.807) is 0 Å². The molecule has 3 N–H and O–H groups in total. The van der Waals surface area contributed by atoms with E-state index in [2.05, 4.69) is 55.4 Å². The molecule has 0 rings (SSSR count). The molecule has 0 aromatic carbocycles. The van der Waals surface area contributed by atoms with Crippen LogP contribution in [0.1, 0.15) is 383 Å². The zero-order valence-corrected chi connectivity index (χ0v) is 64.1. The molecule has 3 unspecified atom stereocenters. The molecule has 0 saturated carbocycles. The fraction of sp³-hybridized carbons (Fsp3) is 0.947. The summed E-state index contributed by atoms with van der Waals surface area (Å²) in [6.07, 6.45) is 49.9. The van der Waals surface area contributed by atoms with Crippen molar-refractivity contribution in [3.63, 3.8) is 0 Å². The van der Waals surface area contributed by atoms with Crippen molar-refractivity contribution in [2.24, 2.45) is 23.7 Å². The molecule has 0 saturated heterocycles. The number of aliphatic hydroxyl groups is 1. The Bertz CT molecular complexity index is 1870. The molecule has 0 aliphatic heterocycles. The maximum atomic E-state index is 13.1. The van der Waals surface area contributed by atoms with Crippen LogP contribution in [0.25, 0.3) is 0 Å². The maximum absolute atomic E-state index is 13.1. The highest BCUT2D eigenvalue weighted by molar-refractivity contribution is 7.47. The second-order valence-electron chi connectivity index (χ2n) is 29.1. The van der Waals surface area contributed by atoms with E-state index >= 15 is 0 Å². The van der Waals surface area contributed by atoms with Crippen LogP contribution in [-0.2, 0) is 65.4 Å². The highest BCUT2D eigenvalue weighted by Gasteiger charge is 2.30. The number of carbonyl (C=O) groups excluding carboxylic acids is 4. The Morgan fingerprint density at radius 1 is 0.295 bits per heavy atom. The van der Waals surface area contributed by atoms with Gasteiger partial charge < -0.3 is 33.8 Å². The van der Waals surface area contributed by atoms with E-state index < -0.39 is 97.5 Å². The number of rotatable bonds is 73. The predicted octanol–water partition coefficient (Wildman–Crippen LogP) is 22.0. The van der Waals surface area contributed by atoms with Crippen LogP contribution < -0.4 is 0 Å². The Labute approximate surface area is 581 Å². The van der Waals surface area contributed by atoms with Gasteiger partial charge in [0.05, 0.1) is 26.4 Å². The van der Waals surface area contributed by atoms with E-state index in [0.717, 1.165) is 120 Å². The number of esters is 4. The van der Waals surface area contributed by atoms with Crippen molar-refractivity contribution in [1.29, 1.82) is 0 Å². The van der Waals surface area contributed by atoms with Crippen molar-refractivity contribution in [3.8, 4) is 0 Å². The van der Waals surface area contributed by atoms with Gasteiger partial charge in [0.25, 0.3) is 0 Å². The monoisotopic (exact) mass is 1400 g/mol. The van der Waals surface area contributed by atoms with Crippen LogP contribution in [0, 0.1) is 23.7 Å². The first-order chi connectivity index (χ1) is 45.6. The maximum Gasteiger partial charge on any atom is 0.472 e. The minimum absolute atomic E-state index is 0.106. The lowest BCUT2D eigenvalue weighted by atomic mass is 10.00. The van der Waals surface area contributed by atoms with Gasteiger partial charge in [0.15, 0.2) is 12.2 Å². The number of unbranched alkanes of at least 4 members (excludes halogenated alkanes) is 38. The molecule has 19 heteroatoms. The van der Waals surface area contributed by atoms with Gasteiger partial charge in [-0.25, -0.2) is 9.13 Å². The summed E-state index contributed by atoms with van der Waals surface area (Å²) in [4.78, 5) is 72.8. The minimum Gasteiger partial charge on any atom is -0.462 e. The first-order valence-corrected chi connectivity index (χ1v) is 42.2. The first kappa shape index (κ1) is 93.1. The largest absolute Gasteiger partial charge is 0.472 e. The first-order valence-electron chi connectivity index (χ1n) is 39.2.